The van der Waals surface area contributed by atoms with Gasteiger partial charge in [-0.3, -0.25) is 4.79 Å². The standard InChI is InChI=1S/C21H35N3O2/c1-15(2)11-24-7-8-26-19(13-24)12-23(6)14-20(25)22-21-17(4)9-16(3)10-18(21)5/h9-10,15,19H,7-8,11-14H2,1-6H3,(H,22,25)/p+2/t19-/m0/s1. The molecule has 0 aliphatic carbocycles. The summed E-state index contributed by atoms with van der Waals surface area (Å²) < 4.78 is 5.94. The van der Waals surface area contributed by atoms with Crippen LogP contribution in [-0.4, -0.2) is 58.4 Å². The number of benzene rings is 1. The lowest BCUT2D eigenvalue weighted by molar-refractivity contribution is -0.926. The summed E-state index contributed by atoms with van der Waals surface area (Å²) in [5.41, 5.74) is 4.42. The van der Waals surface area contributed by atoms with E-state index in [1.807, 2.05) is 13.8 Å². The van der Waals surface area contributed by atoms with E-state index in [9.17, 15) is 4.79 Å². The highest BCUT2D eigenvalue weighted by atomic mass is 16.5. The van der Waals surface area contributed by atoms with Crippen LogP contribution in [0.15, 0.2) is 12.1 Å². The van der Waals surface area contributed by atoms with Crippen LogP contribution in [0, 0.1) is 26.7 Å². The Morgan fingerprint density at radius 2 is 1.96 bits per heavy atom. The van der Waals surface area contributed by atoms with Gasteiger partial charge in [0.05, 0.1) is 20.2 Å². The molecule has 0 aromatic heterocycles. The van der Waals surface area contributed by atoms with Crippen molar-refractivity contribution in [3.63, 3.8) is 0 Å². The fourth-order valence-electron chi connectivity index (χ4n) is 4.04. The van der Waals surface area contributed by atoms with Crippen molar-refractivity contribution in [3.05, 3.63) is 28.8 Å². The number of nitrogens with one attached hydrogen (secondary N) is 3. The summed E-state index contributed by atoms with van der Waals surface area (Å²) in [6.45, 7) is 16.2. The second kappa shape index (κ2) is 9.49. The highest BCUT2D eigenvalue weighted by Gasteiger charge is 2.27. The molecule has 2 rings (SSSR count). The molecule has 0 spiro atoms. The van der Waals surface area contributed by atoms with Crippen LogP contribution < -0.4 is 15.1 Å². The van der Waals surface area contributed by atoms with Crippen LogP contribution in [0.25, 0.3) is 0 Å². The van der Waals surface area contributed by atoms with Gasteiger partial charge in [0, 0.05) is 11.6 Å². The van der Waals surface area contributed by atoms with Gasteiger partial charge in [-0.15, -0.1) is 0 Å². The molecular formula is C21H37N3O2+2. The van der Waals surface area contributed by atoms with Crippen molar-refractivity contribution >= 4 is 11.6 Å². The van der Waals surface area contributed by atoms with Crippen LogP contribution in [0.1, 0.15) is 30.5 Å². The summed E-state index contributed by atoms with van der Waals surface area (Å²) in [6, 6.07) is 4.22. The van der Waals surface area contributed by atoms with E-state index in [2.05, 4.69) is 45.3 Å². The molecule has 5 heteroatoms. The number of hydrogen-bond donors (Lipinski definition) is 3. The van der Waals surface area contributed by atoms with Crippen molar-refractivity contribution in [2.45, 2.75) is 40.7 Å². The van der Waals surface area contributed by atoms with E-state index in [0.29, 0.717) is 12.5 Å². The fourth-order valence-corrected chi connectivity index (χ4v) is 4.04. The van der Waals surface area contributed by atoms with Crippen LogP contribution in [0.2, 0.25) is 0 Å². The molecule has 0 bridgehead atoms. The molecule has 1 saturated heterocycles. The Kier molecular flexibility index (Phi) is 7.62. The van der Waals surface area contributed by atoms with Gasteiger partial charge in [0.2, 0.25) is 0 Å². The minimum Gasteiger partial charge on any atom is -0.361 e. The molecular weight excluding hydrogens is 326 g/mol. The lowest BCUT2D eigenvalue weighted by Gasteiger charge is -2.31. The van der Waals surface area contributed by atoms with Crippen molar-refractivity contribution in [2.75, 3.05) is 51.7 Å². The first-order valence-electron chi connectivity index (χ1n) is 9.88. The third-order valence-corrected chi connectivity index (χ3v) is 5.00. The highest BCUT2D eigenvalue weighted by molar-refractivity contribution is 5.93. The van der Waals surface area contributed by atoms with Gasteiger partial charge in [-0.1, -0.05) is 31.5 Å². The summed E-state index contributed by atoms with van der Waals surface area (Å²) in [5.74, 6) is 0.778. The average molecular weight is 364 g/mol. The molecule has 1 heterocycles. The number of morpholine rings is 1. The van der Waals surface area contributed by atoms with E-state index in [-0.39, 0.29) is 12.0 Å². The molecule has 1 aliphatic rings. The van der Waals surface area contributed by atoms with Crippen LogP contribution in [0.5, 0.6) is 0 Å². The summed E-state index contributed by atoms with van der Waals surface area (Å²) in [5, 5.41) is 3.10. The quantitative estimate of drug-likeness (QED) is 0.639. The maximum atomic E-state index is 12.5. The van der Waals surface area contributed by atoms with Gasteiger partial charge < -0.3 is 19.9 Å². The Hall–Kier alpha value is -1.43. The predicted octanol–water partition coefficient (Wildman–Crippen LogP) is 0.00476. The first-order valence-corrected chi connectivity index (χ1v) is 9.88. The van der Waals surface area contributed by atoms with Gasteiger partial charge in [-0.05, 0) is 31.9 Å². The van der Waals surface area contributed by atoms with Crippen molar-refractivity contribution in [1.82, 2.24) is 0 Å². The van der Waals surface area contributed by atoms with E-state index >= 15 is 0 Å². The minimum absolute atomic E-state index is 0.0692. The van der Waals surface area contributed by atoms with E-state index < -0.39 is 0 Å². The maximum absolute atomic E-state index is 12.5. The second-order valence-corrected chi connectivity index (χ2v) is 8.45. The topological polar surface area (TPSA) is 47.2 Å². The molecule has 1 amide bonds. The molecule has 5 nitrogen and oxygen atoms in total. The highest BCUT2D eigenvalue weighted by Crippen LogP contribution is 2.21. The first kappa shape index (κ1) is 20.9. The van der Waals surface area contributed by atoms with Crippen molar-refractivity contribution in [1.29, 1.82) is 0 Å². The first-order chi connectivity index (χ1) is 12.2. The number of amides is 1. The summed E-state index contributed by atoms with van der Waals surface area (Å²) in [4.78, 5) is 15.3. The van der Waals surface area contributed by atoms with Crippen molar-refractivity contribution in [2.24, 2.45) is 5.92 Å². The molecule has 3 N–H and O–H groups in total. The molecule has 2 unspecified atom stereocenters. The number of hydrogen-bond acceptors (Lipinski definition) is 2. The van der Waals surface area contributed by atoms with Gasteiger partial charge in [-0.2, -0.15) is 0 Å². The molecule has 1 fully saturated rings. The van der Waals surface area contributed by atoms with Gasteiger partial charge in [0.1, 0.15) is 19.6 Å². The number of carbonyl (C=O) groups excluding carboxylic acids is 1. The van der Waals surface area contributed by atoms with Gasteiger partial charge in [0.25, 0.3) is 5.91 Å². The third kappa shape index (κ3) is 6.38. The predicted molar refractivity (Wildman–Crippen MR) is 106 cm³/mol. The monoisotopic (exact) mass is 363 g/mol. The van der Waals surface area contributed by atoms with Crippen LogP contribution in [0.4, 0.5) is 5.69 Å². The summed E-state index contributed by atoms with van der Waals surface area (Å²) in [6.07, 6.45) is 0.244. The van der Waals surface area contributed by atoms with Gasteiger partial charge in [-0.25, -0.2) is 0 Å². The summed E-state index contributed by atoms with van der Waals surface area (Å²) in [7, 11) is 2.08. The number of ether oxygens (including phenoxy) is 1. The minimum atomic E-state index is 0.0692. The number of carbonyl (C=O) groups is 1. The van der Waals surface area contributed by atoms with Crippen molar-refractivity contribution < 1.29 is 19.3 Å². The van der Waals surface area contributed by atoms with E-state index in [4.69, 9.17) is 4.74 Å². The smallest absolute Gasteiger partial charge is 0.279 e. The van der Waals surface area contributed by atoms with E-state index in [1.165, 1.54) is 17.0 Å². The molecule has 3 atom stereocenters. The zero-order chi connectivity index (χ0) is 19.3. The zero-order valence-corrected chi connectivity index (χ0v) is 17.4. The van der Waals surface area contributed by atoms with Crippen molar-refractivity contribution in [3.8, 4) is 0 Å². The van der Waals surface area contributed by atoms with Crippen LogP contribution >= 0.6 is 0 Å². The molecule has 0 radical (unpaired) electrons. The van der Waals surface area contributed by atoms with E-state index in [0.717, 1.165) is 43.1 Å². The number of likely N-dealkylation sites (N-methyl/N-ethyl adjacent to an activating group) is 1. The molecule has 26 heavy (non-hydrogen) atoms. The SMILES string of the molecule is Cc1cc(C)c(NC(=O)C[NH+](C)C[C@H]2C[NH+](CC(C)C)CCO2)c(C)c1. The maximum Gasteiger partial charge on any atom is 0.279 e. The Balaban J connectivity index is 1.84. The number of quaternary nitrogens is 2. The number of anilines is 1. The summed E-state index contributed by atoms with van der Waals surface area (Å²) >= 11 is 0. The third-order valence-electron chi connectivity index (χ3n) is 5.00. The Morgan fingerprint density at radius 1 is 1.31 bits per heavy atom. The Morgan fingerprint density at radius 3 is 2.58 bits per heavy atom. The van der Waals surface area contributed by atoms with E-state index in [1.54, 1.807) is 4.90 Å². The lowest BCUT2D eigenvalue weighted by atomic mass is 10.1. The molecule has 1 aromatic rings. The fraction of sp³-hybridized carbons (Fsp3) is 0.667. The Labute approximate surface area is 158 Å². The van der Waals surface area contributed by atoms with Gasteiger partial charge in [0.15, 0.2) is 12.6 Å². The largest absolute Gasteiger partial charge is 0.361 e. The molecule has 146 valence electrons. The second-order valence-electron chi connectivity index (χ2n) is 8.45. The normalized spacial score (nSPS) is 21.7. The number of aryl methyl sites for hydroxylation is 3. The average Bonchev–Trinajstić information content (AvgIpc) is 2.50. The molecule has 1 aromatic carbocycles. The number of rotatable bonds is 7. The lowest BCUT2D eigenvalue weighted by Crippen LogP contribution is -3.18. The molecule has 1 aliphatic heterocycles. The zero-order valence-electron chi connectivity index (χ0n) is 17.4. The van der Waals surface area contributed by atoms with Crippen LogP contribution in [0.3, 0.4) is 0 Å². The molecule has 0 saturated carbocycles. The van der Waals surface area contributed by atoms with Gasteiger partial charge >= 0.3 is 0 Å². The van der Waals surface area contributed by atoms with Crippen LogP contribution in [-0.2, 0) is 9.53 Å². The Bertz CT molecular complexity index is 592.